The second-order valence-corrected chi connectivity index (χ2v) is 6.01. The van der Waals surface area contributed by atoms with Gasteiger partial charge < -0.3 is 10.1 Å². The first-order valence-corrected chi connectivity index (χ1v) is 7.99. The number of nitrogens with one attached hydrogen (secondary N) is 1. The lowest BCUT2D eigenvalue weighted by Gasteiger charge is -2.26. The highest BCUT2D eigenvalue weighted by Crippen LogP contribution is 2.23. The standard InChI is InChI=1S/C15H23BrClNO/c1-4-8-18-14(15(5-2)19-3)9-11-6-7-12(16)10-13(11)17/h6-7,10,14-15,18H,4-5,8-9H2,1-3H3. The molecule has 1 N–H and O–H groups in total. The van der Waals surface area contributed by atoms with Crippen molar-refractivity contribution < 1.29 is 4.74 Å². The third-order valence-corrected chi connectivity index (χ3v) is 4.11. The van der Waals surface area contributed by atoms with Gasteiger partial charge in [-0.25, -0.2) is 0 Å². The van der Waals surface area contributed by atoms with Gasteiger partial charge in [0.1, 0.15) is 0 Å². The maximum atomic E-state index is 6.30. The molecule has 0 aliphatic carbocycles. The molecule has 0 amide bonds. The molecular weight excluding hydrogens is 326 g/mol. The Morgan fingerprint density at radius 2 is 2.11 bits per heavy atom. The third-order valence-electron chi connectivity index (χ3n) is 3.27. The largest absolute Gasteiger partial charge is 0.380 e. The van der Waals surface area contributed by atoms with Crippen LogP contribution in [0.5, 0.6) is 0 Å². The number of benzene rings is 1. The zero-order valence-corrected chi connectivity index (χ0v) is 14.2. The molecule has 2 nitrogen and oxygen atoms in total. The number of ether oxygens (including phenoxy) is 1. The predicted octanol–water partition coefficient (Wildman–Crippen LogP) is 4.44. The summed E-state index contributed by atoms with van der Waals surface area (Å²) in [6.45, 7) is 5.32. The zero-order chi connectivity index (χ0) is 14.3. The molecular formula is C15H23BrClNO. The summed E-state index contributed by atoms with van der Waals surface area (Å²) in [7, 11) is 1.78. The lowest BCUT2D eigenvalue weighted by molar-refractivity contribution is 0.0653. The van der Waals surface area contributed by atoms with Crippen LogP contribution in [-0.4, -0.2) is 25.8 Å². The van der Waals surface area contributed by atoms with Gasteiger partial charge in [-0.3, -0.25) is 0 Å². The van der Waals surface area contributed by atoms with Crippen LogP contribution in [0.15, 0.2) is 22.7 Å². The Bertz CT molecular complexity index is 382. The van der Waals surface area contributed by atoms with Gasteiger partial charge in [-0.15, -0.1) is 0 Å². The van der Waals surface area contributed by atoms with Crippen LogP contribution in [-0.2, 0) is 11.2 Å². The Kier molecular flexibility index (Phi) is 8.00. The SMILES string of the molecule is CCCNC(Cc1ccc(Br)cc1Cl)C(CC)OC. The van der Waals surface area contributed by atoms with Gasteiger partial charge in [-0.1, -0.05) is 47.4 Å². The molecule has 0 saturated heterocycles. The van der Waals surface area contributed by atoms with E-state index in [1.54, 1.807) is 7.11 Å². The van der Waals surface area contributed by atoms with Crippen molar-refractivity contribution in [2.75, 3.05) is 13.7 Å². The van der Waals surface area contributed by atoms with E-state index in [4.69, 9.17) is 16.3 Å². The lowest BCUT2D eigenvalue weighted by Crippen LogP contribution is -2.42. The molecule has 0 aromatic heterocycles. The van der Waals surface area contributed by atoms with Gasteiger partial charge in [0.25, 0.3) is 0 Å². The summed E-state index contributed by atoms with van der Waals surface area (Å²) in [6.07, 6.45) is 3.21. The molecule has 0 aliphatic heterocycles. The molecule has 4 heteroatoms. The van der Waals surface area contributed by atoms with E-state index in [0.29, 0.717) is 6.04 Å². The molecule has 1 rings (SSSR count). The molecule has 0 bridgehead atoms. The average Bonchev–Trinajstić information content (AvgIpc) is 2.39. The fourth-order valence-corrected chi connectivity index (χ4v) is 2.95. The van der Waals surface area contributed by atoms with Crippen molar-refractivity contribution in [2.45, 2.75) is 45.3 Å². The van der Waals surface area contributed by atoms with Crippen molar-refractivity contribution in [3.8, 4) is 0 Å². The van der Waals surface area contributed by atoms with Crippen LogP contribution in [0, 0.1) is 0 Å². The van der Waals surface area contributed by atoms with Gasteiger partial charge in [0.2, 0.25) is 0 Å². The number of rotatable bonds is 8. The van der Waals surface area contributed by atoms with Crippen LogP contribution in [0.1, 0.15) is 32.3 Å². The van der Waals surface area contributed by atoms with Crippen LogP contribution in [0.2, 0.25) is 5.02 Å². The fraction of sp³-hybridized carbons (Fsp3) is 0.600. The number of methoxy groups -OCH3 is 1. The minimum absolute atomic E-state index is 0.214. The monoisotopic (exact) mass is 347 g/mol. The first-order chi connectivity index (χ1) is 9.12. The Balaban J connectivity index is 2.80. The molecule has 2 unspecified atom stereocenters. The van der Waals surface area contributed by atoms with Crippen molar-refractivity contribution in [3.05, 3.63) is 33.3 Å². The predicted molar refractivity (Wildman–Crippen MR) is 86.0 cm³/mol. The van der Waals surface area contributed by atoms with Crippen molar-refractivity contribution in [3.63, 3.8) is 0 Å². The van der Waals surface area contributed by atoms with E-state index >= 15 is 0 Å². The normalized spacial score (nSPS) is 14.4. The first-order valence-electron chi connectivity index (χ1n) is 6.82. The molecule has 1 aromatic carbocycles. The summed E-state index contributed by atoms with van der Waals surface area (Å²) in [6, 6.07) is 6.36. The van der Waals surface area contributed by atoms with Crippen LogP contribution in [0.3, 0.4) is 0 Å². The van der Waals surface area contributed by atoms with E-state index in [2.05, 4.69) is 41.2 Å². The minimum atomic E-state index is 0.214. The number of halogens is 2. The second kappa shape index (κ2) is 8.96. The highest BCUT2D eigenvalue weighted by Gasteiger charge is 2.20. The van der Waals surface area contributed by atoms with E-state index < -0.39 is 0 Å². The molecule has 108 valence electrons. The minimum Gasteiger partial charge on any atom is -0.380 e. The number of hydrogen-bond donors (Lipinski definition) is 1. The van der Waals surface area contributed by atoms with Gasteiger partial charge >= 0.3 is 0 Å². The average molecular weight is 349 g/mol. The molecule has 1 aromatic rings. The van der Waals surface area contributed by atoms with E-state index in [0.717, 1.165) is 40.9 Å². The molecule has 0 saturated carbocycles. The van der Waals surface area contributed by atoms with Crippen molar-refractivity contribution in [1.82, 2.24) is 5.32 Å². The highest BCUT2D eigenvalue weighted by molar-refractivity contribution is 9.10. The molecule has 0 spiro atoms. The Morgan fingerprint density at radius 3 is 2.63 bits per heavy atom. The summed E-state index contributed by atoms with van der Waals surface area (Å²) in [5, 5.41) is 4.38. The smallest absolute Gasteiger partial charge is 0.0724 e. The van der Waals surface area contributed by atoms with Gasteiger partial charge in [-0.2, -0.15) is 0 Å². The Morgan fingerprint density at radius 1 is 1.37 bits per heavy atom. The van der Waals surface area contributed by atoms with E-state index in [-0.39, 0.29) is 6.10 Å². The van der Waals surface area contributed by atoms with Crippen molar-refractivity contribution in [2.24, 2.45) is 0 Å². The van der Waals surface area contributed by atoms with Crippen molar-refractivity contribution in [1.29, 1.82) is 0 Å². The second-order valence-electron chi connectivity index (χ2n) is 4.68. The van der Waals surface area contributed by atoms with Crippen LogP contribution in [0.25, 0.3) is 0 Å². The summed E-state index contributed by atoms with van der Waals surface area (Å²) in [5.41, 5.74) is 1.16. The topological polar surface area (TPSA) is 21.3 Å². The molecule has 0 fully saturated rings. The van der Waals surface area contributed by atoms with Gasteiger partial charge in [0, 0.05) is 22.6 Å². The Labute approximate surface area is 130 Å². The summed E-state index contributed by atoms with van der Waals surface area (Å²) < 4.78 is 6.59. The first kappa shape index (κ1) is 17.0. The highest BCUT2D eigenvalue weighted by atomic mass is 79.9. The zero-order valence-electron chi connectivity index (χ0n) is 11.9. The van der Waals surface area contributed by atoms with Crippen LogP contribution < -0.4 is 5.32 Å². The lowest BCUT2D eigenvalue weighted by atomic mass is 9.99. The number of hydrogen-bond acceptors (Lipinski definition) is 2. The molecule has 19 heavy (non-hydrogen) atoms. The van der Waals surface area contributed by atoms with Gasteiger partial charge in [0.15, 0.2) is 0 Å². The van der Waals surface area contributed by atoms with Crippen LogP contribution in [0.4, 0.5) is 0 Å². The van der Waals surface area contributed by atoms with E-state index in [1.807, 2.05) is 12.1 Å². The van der Waals surface area contributed by atoms with Gasteiger partial charge in [0.05, 0.1) is 6.10 Å². The van der Waals surface area contributed by atoms with E-state index in [1.165, 1.54) is 0 Å². The summed E-state index contributed by atoms with van der Waals surface area (Å²) in [5.74, 6) is 0. The van der Waals surface area contributed by atoms with Gasteiger partial charge in [-0.05, 0) is 43.5 Å². The van der Waals surface area contributed by atoms with Crippen LogP contribution >= 0.6 is 27.5 Å². The molecule has 0 radical (unpaired) electrons. The molecule has 0 heterocycles. The molecule has 2 atom stereocenters. The van der Waals surface area contributed by atoms with E-state index in [9.17, 15) is 0 Å². The van der Waals surface area contributed by atoms with Crippen molar-refractivity contribution >= 4 is 27.5 Å². The quantitative estimate of drug-likeness (QED) is 0.750. The molecule has 0 aliphatic rings. The third kappa shape index (κ3) is 5.42. The Hall–Kier alpha value is -0.0900. The summed E-state index contributed by atoms with van der Waals surface area (Å²) >= 11 is 9.74. The fourth-order valence-electron chi connectivity index (χ4n) is 2.20. The summed E-state index contributed by atoms with van der Waals surface area (Å²) in [4.78, 5) is 0. The maximum absolute atomic E-state index is 6.30. The maximum Gasteiger partial charge on any atom is 0.0724 e.